The van der Waals surface area contributed by atoms with Crippen molar-refractivity contribution in [1.82, 2.24) is 9.97 Å². The first kappa shape index (κ1) is 17.2. The molecule has 0 amide bonds. The lowest BCUT2D eigenvalue weighted by Crippen LogP contribution is -2.09. The van der Waals surface area contributed by atoms with Crippen molar-refractivity contribution in [3.05, 3.63) is 76.7 Å². The van der Waals surface area contributed by atoms with Crippen LogP contribution in [0.25, 0.3) is 0 Å². The lowest BCUT2D eigenvalue weighted by molar-refractivity contribution is 0.610. The van der Waals surface area contributed by atoms with Gasteiger partial charge in [0.15, 0.2) is 0 Å². The molecular weight excluding hydrogens is 339 g/mol. The van der Waals surface area contributed by atoms with Crippen LogP contribution in [0.3, 0.4) is 0 Å². The minimum absolute atomic E-state index is 0.197. The number of hydrogen-bond donors (Lipinski definition) is 2. The smallest absolute Gasteiger partial charge is 0.224 e. The Morgan fingerprint density at radius 3 is 2.80 bits per heavy atom. The molecule has 1 aromatic heterocycles. The molecule has 0 aliphatic carbocycles. The highest BCUT2D eigenvalue weighted by Crippen LogP contribution is 2.23. The molecule has 25 heavy (non-hydrogen) atoms. The van der Waals surface area contributed by atoms with Crippen LogP contribution >= 0.6 is 11.6 Å². The largest absolute Gasteiger partial charge is 0.354 e. The van der Waals surface area contributed by atoms with Gasteiger partial charge in [-0.2, -0.15) is 4.98 Å². The van der Waals surface area contributed by atoms with Gasteiger partial charge in [0, 0.05) is 23.5 Å². The predicted molar refractivity (Wildman–Crippen MR) is 100 cm³/mol. The number of nitrogens with zero attached hydrogens (tertiary/aromatic N) is 2. The van der Waals surface area contributed by atoms with E-state index >= 15 is 0 Å². The molecule has 6 heteroatoms. The Morgan fingerprint density at radius 1 is 1.12 bits per heavy atom. The first-order valence-corrected chi connectivity index (χ1v) is 8.33. The highest BCUT2D eigenvalue weighted by Gasteiger charge is 2.04. The van der Waals surface area contributed by atoms with Crippen LogP contribution in [-0.2, 0) is 6.42 Å². The summed E-state index contributed by atoms with van der Waals surface area (Å²) in [5.74, 6) is 0.951. The van der Waals surface area contributed by atoms with E-state index in [1.807, 2.05) is 31.2 Å². The van der Waals surface area contributed by atoms with Gasteiger partial charge in [0.25, 0.3) is 0 Å². The summed E-state index contributed by atoms with van der Waals surface area (Å²) in [6.07, 6.45) is 2.22. The Balaban J connectivity index is 1.63. The van der Waals surface area contributed by atoms with Gasteiger partial charge in [0.1, 0.15) is 11.6 Å². The van der Waals surface area contributed by atoms with Gasteiger partial charge in [0.2, 0.25) is 5.95 Å². The molecule has 0 atom stereocenters. The minimum Gasteiger partial charge on any atom is -0.354 e. The SMILES string of the molecule is Cc1ccc(Cl)cc1Nc1ccnc(NCCc2ccccc2F)n1. The standard InChI is InChI=1S/C19H18ClFN4/c1-13-6-7-15(20)12-17(13)24-18-9-11-23-19(25-18)22-10-8-14-4-2-3-5-16(14)21/h2-7,9,11-12H,8,10H2,1H3,(H2,22,23,24,25). The van der Waals surface area contributed by atoms with Crippen LogP contribution in [0.15, 0.2) is 54.7 Å². The molecule has 0 aliphatic heterocycles. The molecule has 2 N–H and O–H groups in total. The topological polar surface area (TPSA) is 49.8 Å². The molecule has 2 aromatic carbocycles. The molecule has 0 bridgehead atoms. The summed E-state index contributed by atoms with van der Waals surface area (Å²) in [4.78, 5) is 8.61. The molecule has 0 radical (unpaired) electrons. The maximum Gasteiger partial charge on any atom is 0.224 e. The molecule has 3 rings (SSSR count). The fraction of sp³-hybridized carbons (Fsp3) is 0.158. The molecule has 0 saturated heterocycles. The minimum atomic E-state index is -0.197. The average molecular weight is 357 g/mol. The summed E-state index contributed by atoms with van der Waals surface area (Å²) >= 11 is 6.04. The number of benzene rings is 2. The van der Waals surface area contributed by atoms with Gasteiger partial charge in [-0.25, -0.2) is 9.37 Å². The summed E-state index contributed by atoms with van der Waals surface area (Å²) in [6, 6.07) is 14.2. The zero-order chi connectivity index (χ0) is 17.6. The average Bonchev–Trinajstić information content (AvgIpc) is 2.60. The Morgan fingerprint density at radius 2 is 1.96 bits per heavy atom. The van der Waals surface area contributed by atoms with E-state index < -0.39 is 0 Å². The van der Waals surface area contributed by atoms with Crippen LogP contribution in [0.2, 0.25) is 5.02 Å². The number of hydrogen-bond acceptors (Lipinski definition) is 4. The predicted octanol–water partition coefficient (Wildman–Crippen LogP) is 4.98. The summed E-state index contributed by atoms with van der Waals surface area (Å²) in [7, 11) is 0. The first-order chi connectivity index (χ1) is 12.1. The third kappa shape index (κ3) is 4.67. The number of rotatable bonds is 6. The van der Waals surface area contributed by atoms with Crippen molar-refractivity contribution in [1.29, 1.82) is 0 Å². The Kier molecular flexibility index (Phi) is 5.46. The van der Waals surface area contributed by atoms with Crippen molar-refractivity contribution in [2.24, 2.45) is 0 Å². The normalized spacial score (nSPS) is 10.5. The Bertz CT molecular complexity index is 870. The van der Waals surface area contributed by atoms with Gasteiger partial charge < -0.3 is 10.6 Å². The highest BCUT2D eigenvalue weighted by atomic mass is 35.5. The van der Waals surface area contributed by atoms with E-state index in [4.69, 9.17) is 11.6 Å². The number of nitrogens with one attached hydrogen (secondary N) is 2. The van der Waals surface area contributed by atoms with Crippen LogP contribution in [0.1, 0.15) is 11.1 Å². The summed E-state index contributed by atoms with van der Waals surface area (Å²) in [5, 5.41) is 7.01. The molecular formula is C19H18ClFN4. The second kappa shape index (κ2) is 7.94. The molecule has 0 unspecified atom stereocenters. The summed E-state index contributed by atoms with van der Waals surface area (Å²) in [5.41, 5.74) is 2.62. The number of aryl methyl sites for hydroxylation is 1. The van der Waals surface area contributed by atoms with Crippen molar-refractivity contribution in [2.45, 2.75) is 13.3 Å². The van der Waals surface area contributed by atoms with E-state index in [1.165, 1.54) is 6.07 Å². The van der Waals surface area contributed by atoms with Crippen molar-refractivity contribution in [3.63, 3.8) is 0 Å². The zero-order valence-electron chi connectivity index (χ0n) is 13.8. The van der Waals surface area contributed by atoms with Crippen molar-refractivity contribution >= 4 is 29.1 Å². The maximum atomic E-state index is 13.6. The fourth-order valence-electron chi connectivity index (χ4n) is 2.39. The highest BCUT2D eigenvalue weighted by molar-refractivity contribution is 6.30. The third-order valence-electron chi connectivity index (χ3n) is 3.75. The molecule has 1 heterocycles. The Labute approximate surface area is 151 Å². The van der Waals surface area contributed by atoms with Crippen molar-refractivity contribution < 1.29 is 4.39 Å². The number of aromatic nitrogens is 2. The van der Waals surface area contributed by atoms with E-state index in [-0.39, 0.29) is 5.82 Å². The van der Waals surface area contributed by atoms with Crippen molar-refractivity contribution in [2.75, 3.05) is 17.2 Å². The second-order valence-corrected chi connectivity index (χ2v) is 6.05. The van der Waals surface area contributed by atoms with E-state index in [2.05, 4.69) is 20.6 Å². The third-order valence-corrected chi connectivity index (χ3v) is 3.99. The molecule has 3 aromatic rings. The molecule has 0 spiro atoms. The van der Waals surface area contributed by atoms with Gasteiger partial charge in [0.05, 0.1) is 0 Å². The summed E-state index contributed by atoms with van der Waals surface area (Å²) in [6.45, 7) is 2.54. The van der Waals surface area contributed by atoms with E-state index in [9.17, 15) is 4.39 Å². The summed E-state index contributed by atoms with van der Waals surface area (Å²) < 4.78 is 13.6. The Hall–Kier alpha value is -2.66. The van der Waals surface area contributed by atoms with Gasteiger partial charge >= 0.3 is 0 Å². The van der Waals surface area contributed by atoms with Gasteiger partial charge in [-0.1, -0.05) is 35.9 Å². The van der Waals surface area contributed by atoms with Gasteiger partial charge in [-0.15, -0.1) is 0 Å². The van der Waals surface area contributed by atoms with E-state index in [1.54, 1.807) is 24.4 Å². The zero-order valence-corrected chi connectivity index (χ0v) is 14.5. The van der Waals surface area contributed by atoms with Gasteiger partial charge in [-0.05, 0) is 48.7 Å². The maximum absolute atomic E-state index is 13.6. The quantitative estimate of drug-likeness (QED) is 0.654. The molecule has 4 nitrogen and oxygen atoms in total. The molecule has 0 fully saturated rings. The van der Waals surface area contributed by atoms with Crippen LogP contribution < -0.4 is 10.6 Å². The van der Waals surface area contributed by atoms with Crippen LogP contribution in [-0.4, -0.2) is 16.5 Å². The first-order valence-electron chi connectivity index (χ1n) is 7.95. The van der Waals surface area contributed by atoms with E-state index in [0.29, 0.717) is 35.3 Å². The van der Waals surface area contributed by atoms with Crippen LogP contribution in [0.5, 0.6) is 0 Å². The molecule has 0 aliphatic rings. The van der Waals surface area contributed by atoms with Gasteiger partial charge in [-0.3, -0.25) is 0 Å². The molecule has 0 saturated carbocycles. The lowest BCUT2D eigenvalue weighted by atomic mass is 10.1. The number of halogens is 2. The second-order valence-electron chi connectivity index (χ2n) is 5.62. The van der Waals surface area contributed by atoms with Crippen molar-refractivity contribution in [3.8, 4) is 0 Å². The number of anilines is 3. The monoisotopic (exact) mass is 356 g/mol. The fourth-order valence-corrected chi connectivity index (χ4v) is 2.56. The van der Waals surface area contributed by atoms with E-state index in [0.717, 1.165) is 11.3 Å². The van der Waals surface area contributed by atoms with Crippen LogP contribution in [0.4, 0.5) is 21.8 Å². The lowest BCUT2D eigenvalue weighted by Gasteiger charge is -2.11. The molecule has 128 valence electrons. The van der Waals surface area contributed by atoms with Crippen LogP contribution in [0, 0.1) is 12.7 Å².